The zero-order chi connectivity index (χ0) is 21.2. The van der Waals surface area contributed by atoms with E-state index in [1.54, 1.807) is 7.11 Å². The number of hydrogen-bond donors (Lipinski definition) is 0. The molecule has 0 aliphatic heterocycles. The molecule has 0 spiro atoms. The first kappa shape index (κ1) is 18.8. The lowest BCUT2D eigenvalue weighted by molar-refractivity contribution is 0.415. The molecule has 0 bridgehead atoms. The fraction of sp³-hybridized carbons (Fsp3) is 0.0800. The third-order valence-electron chi connectivity index (χ3n) is 5.14. The first-order chi connectivity index (χ1) is 15.2. The Balaban J connectivity index is 1.64. The van der Waals surface area contributed by atoms with Crippen LogP contribution in [0.1, 0.15) is 5.69 Å². The summed E-state index contributed by atoms with van der Waals surface area (Å²) in [6.07, 6.45) is 0. The van der Waals surface area contributed by atoms with Crippen LogP contribution in [0.5, 0.6) is 5.75 Å². The van der Waals surface area contributed by atoms with Crippen LogP contribution in [-0.4, -0.2) is 27.1 Å². The van der Waals surface area contributed by atoms with Crippen molar-refractivity contribution in [1.29, 1.82) is 0 Å². The van der Waals surface area contributed by atoms with E-state index < -0.39 is 0 Å². The molecule has 3 aromatic carbocycles. The average molecular weight is 408 g/mol. The number of methoxy groups -OCH3 is 1. The Morgan fingerprint density at radius 1 is 0.742 bits per heavy atom. The minimum atomic E-state index is 0.435. The highest BCUT2D eigenvalue weighted by molar-refractivity contribution is 5.79. The molecule has 6 heteroatoms. The molecule has 0 atom stereocenters. The third kappa shape index (κ3) is 3.48. The van der Waals surface area contributed by atoms with Gasteiger partial charge in [-0.3, -0.25) is 0 Å². The number of aromatic nitrogens is 4. The summed E-state index contributed by atoms with van der Waals surface area (Å²) >= 11 is 0. The Bertz CT molecular complexity index is 1310. The van der Waals surface area contributed by atoms with Gasteiger partial charge >= 0.3 is 0 Å². The molecule has 6 nitrogen and oxygen atoms in total. The number of rotatable bonds is 5. The summed E-state index contributed by atoms with van der Waals surface area (Å²) < 4.78 is 13.2. The maximum atomic E-state index is 6.11. The van der Waals surface area contributed by atoms with Crippen LogP contribution in [-0.2, 0) is 0 Å². The fourth-order valence-electron chi connectivity index (χ4n) is 3.55. The van der Waals surface area contributed by atoms with E-state index in [2.05, 4.69) is 10.2 Å². The number of benzene rings is 3. The lowest BCUT2D eigenvalue weighted by atomic mass is 10.1. The monoisotopic (exact) mass is 408 g/mol. The van der Waals surface area contributed by atoms with Crippen molar-refractivity contribution in [3.05, 3.63) is 90.6 Å². The largest absolute Gasteiger partial charge is 0.497 e. The maximum absolute atomic E-state index is 6.11. The van der Waals surface area contributed by atoms with Crippen molar-refractivity contribution < 1.29 is 9.15 Å². The van der Waals surface area contributed by atoms with Crippen LogP contribution in [0.2, 0.25) is 0 Å². The Morgan fingerprint density at radius 2 is 1.39 bits per heavy atom. The molecule has 0 N–H and O–H groups in total. The van der Waals surface area contributed by atoms with Crippen molar-refractivity contribution in [2.75, 3.05) is 7.11 Å². The summed E-state index contributed by atoms with van der Waals surface area (Å²) in [5.74, 6) is 1.66. The number of hydrogen-bond acceptors (Lipinski definition) is 5. The Morgan fingerprint density at radius 3 is 2.06 bits per heavy atom. The Hall–Kier alpha value is -4.19. The average Bonchev–Trinajstić information content (AvgIpc) is 3.45. The fourth-order valence-corrected chi connectivity index (χ4v) is 3.55. The number of para-hydroxylation sites is 1. The summed E-state index contributed by atoms with van der Waals surface area (Å²) in [4.78, 5) is 0. The SMILES string of the molecule is COc1ccc(-c2nnc(-c3c(-c4ccccc4)nn(-c4ccccc4)c3C)o2)cc1. The highest BCUT2D eigenvalue weighted by Gasteiger charge is 2.23. The zero-order valence-electron chi connectivity index (χ0n) is 17.2. The number of ether oxygens (including phenoxy) is 1. The highest BCUT2D eigenvalue weighted by atomic mass is 16.5. The van der Waals surface area contributed by atoms with Crippen LogP contribution >= 0.6 is 0 Å². The van der Waals surface area contributed by atoms with Crippen molar-refractivity contribution in [2.24, 2.45) is 0 Å². The van der Waals surface area contributed by atoms with Crippen molar-refractivity contribution in [3.63, 3.8) is 0 Å². The quantitative estimate of drug-likeness (QED) is 0.380. The van der Waals surface area contributed by atoms with Crippen molar-refractivity contribution in [1.82, 2.24) is 20.0 Å². The van der Waals surface area contributed by atoms with Crippen LogP contribution in [0.25, 0.3) is 39.9 Å². The van der Waals surface area contributed by atoms with Gasteiger partial charge in [0.05, 0.1) is 24.1 Å². The lowest BCUT2D eigenvalue weighted by Crippen LogP contribution is -1.98. The van der Waals surface area contributed by atoms with Crippen LogP contribution in [0, 0.1) is 6.92 Å². The van der Waals surface area contributed by atoms with E-state index in [4.69, 9.17) is 14.3 Å². The summed E-state index contributed by atoms with van der Waals surface area (Å²) in [5.41, 5.74) is 5.33. The molecule has 152 valence electrons. The van der Waals surface area contributed by atoms with Gasteiger partial charge in [0, 0.05) is 11.1 Å². The van der Waals surface area contributed by atoms with Crippen LogP contribution in [0.15, 0.2) is 89.3 Å². The number of nitrogens with zero attached hydrogens (tertiary/aromatic N) is 4. The van der Waals surface area contributed by atoms with E-state index in [0.29, 0.717) is 11.8 Å². The van der Waals surface area contributed by atoms with Crippen molar-refractivity contribution in [2.45, 2.75) is 6.92 Å². The van der Waals surface area contributed by atoms with Gasteiger partial charge in [-0.2, -0.15) is 5.10 Å². The second kappa shape index (κ2) is 7.91. The molecule has 31 heavy (non-hydrogen) atoms. The van der Waals surface area contributed by atoms with Crippen LogP contribution in [0.3, 0.4) is 0 Å². The maximum Gasteiger partial charge on any atom is 0.252 e. The predicted molar refractivity (Wildman–Crippen MR) is 119 cm³/mol. The second-order valence-electron chi connectivity index (χ2n) is 7.06. The summed E-state index contributed by atoms with van der Waals surface area (Å²) in [7, 11) is 1.64. The molecule has 2 aromatic heterocycles. The standard InChI is InChI=1S/C25H20N4O2/c1-17-22(25-27-26-24(31-25)19-13-15-21(30-2)16-14-19)23(18-9-5-3-6-10-18)28-29(17)20-11-7-4-8-12-20/h3-16H,1-2H3. The van der Waals surface area contributed by atoms with Gasteiger partial charge in [-0.05, 0) is 43.3 Å². The molecule has 0 unspecified atom stereocenters. The van der Waals surface area contributed by atoms with Gasteiger partial charge in [-0.25, -0.2) is 4.68 Å². The molecule has 0 saturated heterocycles. The van der Waals surface area contributed by atoms with Crippen molar-refractivity contribution in [3.8, 4) is 45.6 Å². The third-order valence-corrected chi connectivity index (χ3v) is 5.14. The smallest absolute Gasteiger partial charge is 0.252 e. The minimum Gasteiger partial charge on any atom is -0.497 e. The van der Waals surface area contributed by atoms with Gasteiger partial charge in [-0.15, -0.1) is 10.2 Å². The van der Waals surface area contributed by atoms with Gasteiger partial charge in [0.25, 0.3) is 5.89 Å². The molecule has 0 radical (unpaired) electrons. The predicted octanol–water partition coefficient (Wildman–Crippen LogP) is 5.57. The van der Waals surface area contributed by atoms with Crippen LogP contribution < -0.4 is 4.74 Å². The van der Waals surface area contributed by atoms with E-state index in [9.17, 15) is 0 Å². The summed E-state index contributed by atoms with van der Waals surface area (Å²) in [6, 6.07) is 27.6. The van der Waals surface area contributed by atoms with Gasteiger partial charge in [0.15, 0.2) is 0 Å². The van der Waals surface area contributed by atoms with Gasteiger partial charge in [0.1, 0.15) is 11.4 Å². The minimum absolute atomic E-state index is 0.435. The van der Waals surface area contributed by atoms with Gasteiger partial charge in [0.2, 0.25) is 5.89 Å². The van der Waals surface area contributed by atoms with E-state index in [0.717, 1.165) is 39.5 Å². The normalized spacial score (nSPS) is 10.9. The van der Waals surface area contributed by atoms with E-state index in [-0.39, 0.29) is 0 Å². The second-order valence-corrected chi connectivity index (χ2v) is 7.06. The molecule has 5 rings (SSSR count). The lowest BCUT2D eigenvalue weighted by Gasteiger charge is -2.03. The van der Waals surface area contributed by atoms with Gasteiger partial charge in [-0.1, -0.05) is 48.5 Å². The molecule has 2 heterocycles. The molecule has 0 amide bonds. The van der Waals surface area contributed by atoms with E-state index in [1.807, 2.05) is 96.5 Å². The molecule has 0 aliphatic rings. The Labute approximate surface area is 179 Å². The molecule has 5 aromatic rings. The highest BCUT2D eigenvalue weighted by Crippen LogP contribution is 2.36. The first-order valence-corrected chi connectivity index (χ1v) is 9.93. The summed E-state index contributed by atoms with van der Waals surface area (Å²) in [5, 5.41) is 13.5. The van der Waals surface area contributed by atoms with Crippen molar-refractivity contribution >= 4 is 0 Å². The molecular formula is C25H20N4O2. The molecular weight excluding hydrogens is 388 g/mol. The molecule has 0 fully saturated rings. The van der Waals surface area contributed by atoms with Gasteiger partial charge < -0.3 is 9.15 Å². The molecule has 0 saturated carbocycles. The molecule has 0 aliphatic carbocycles. The van der Waals surface area contributed by atoms with E-state index in [1.165, 1.54) is 0 Å². The zero-order valence-corrected chi connectivity index (χ0v) is 17.2. The Kier molecular flexibility index (Phi) is 4.80. The van der Waals surface area contributed by atoms with Crippen LogP contribution in [0.4, 0.5) is 0 Å². The first-order valence-electron chi connectivity index (χ1n) is 9.93. The topological polar surface area (TPSA) is 66.0 Å². The summed E-state index contributed by atoms with van der Waals surface area (Å²) in [6.45, 7) is 2.01. The van der Waals surface area contributed by atoms with E-state index >= 15 is 0 Å².